The molecule has 28 heavy (non-hydrogen) atoms. The number of ketones is 1. The van der Waals surface area contributed by atoms with Crippen molar-refractivity contribution in [3.8, 4) is 12.1 Å². The van der Waals surface area contributed by atoms with Crippen LogP contribution in [0.25, 0.3) is 0 Å². The van der Waals surface area contributed by atoms with Crippen LogP contribution >= 0.6 is 0 Å². The molecule has 0 spiro atoms. The number of benzene rings is 2. The van der Waals surface area contributed by atoms with E-state index in [2.05, 4.69) is 12.1 Å². The van der Waals surface area contributed by atoms with Crippen molar-refractivity contribution in [3.05, 3.63) is 71.8 Å². The summed E-state index contributed by atoms with van der Waals surface area (Å²) in [5.74, 6) is -3.70. The van der Waals surface area contributed by atoms with E-state index in [1.165, 1.54) is 0 Å². The summed E-state index contributed by atoms with van der Waals surface area (Å²) in [6.07, 6.45) is -0.0576. The molecule has 1 fully saturated rings. The Morgan fingerprint density at radius 1 is 1.04 bits per heavy atom. The quantitative estimate of drug-likeness (QED) is 0.602. The molecular formula is C23H20N2O3. The Hall–Kier alpha value is -3.44. The molecule has 5 heteroatoms. The first-order chi connectivity index (χ1) is 13.6. The lowest BCUT2D eigenvalue weighted by Crippen LogP contribution is -2.48. The summed E-state index contributed by atoms with van der Waals surface area (Å²) < 4.78 is 5.15. The van der Waals surface area contributed by atoms with Gasteiger partial charge in [-0.1, -0.05) is 60.7 Å². The number of carbonyl (C=O) groups is 2. The molecule has 0 aromatic heterocycles. The fraction of sp³-hybridized carbons (Fsp3) is 0.304. The van der Waals surface area contributed by atoms with E-state index in [1.54, 1.807) is 31.2 Å². The van der Waals surface area contributed by atoms with E-state index in [-0.39, 0.29) is 18.8 Å². The SMILES string of the molecule is CCOC(=O)C1C(=O)CC(c2ccccc2)C(C#N)(C#N)C1c1ccccc1. The van der Waals surface area contributed by atoms with E-state index in [1.807, 2.05) is 36.4 Å². The monoisotopic (exact) mass is 372 g/mol. The Morgan fingerprint density at radius 2 is 1.57 bits per heavy atom. The van der Waals surface area contributed by atoms with Gasteiger partial charge in [-0.05, 0) is 18.1 Å². The summed E-state index contributed by atoms with van der Waals surface area (Å²) in [5.41, 5.74) is -0.228. The third-order valence-corrected chi connectivity index (χ3v) is 5.40. The first-order valence-electron chi connectivity index (χ1n) is 9.20. The van der Waals surface area contributed by atoms with Crippen molar-refractivity contribution in [2.24, 2.45) is 11.3 Å². The molecule has 2 aromatic carbocycles. The van der Waals surface area contributed by atoms with Crippen LogP contribution in [0.4, 0.5) is 0 Å². The number of rotatable bonds is 4. The highest BCUT2D eigenvalue weighted by molar-refractivity contribution is 6.02. The number of Topliss-reactive ketones (excluding diaryl/α,β-unsaturated/α-hetero) is 1. The lowest BCUT2D eigenvalue weighted by atomic mass is 9.54. The van der Waals surface area contributed by atoms with Gasteiger partial charge in [0.05, 0.1) is 18.7 Å². The van der Waals surface area contributed by atoms with Crippen LogP contribution in [0.2, 0.25) is 0 Å². The number of esters is 1. The van der Waals surface area contributed by atoms with Crippen molar-refractivity contribution >= 4 is 11.8 Å². The first-order valence-corrected chi connectivity index (χ1v) is 9.20. The average molecular weight is 372 g/mol. The molecule has 2 aromatic rings. The summed E-state index contributed by atoms with van der Waals surface area (Å²) in [5, 5.41) is 20.4. The number of carbonyl (C=O) groups excluding carboxylic acids is 2. The van der Waals surface area contributed by atoms with Crippen molar-refractivity contribution in [2.45, 2.75) is 25.2 Å². The Morgan fingerprint density at radius 3 is 2.07 bits per heavy atom. The minimum Gasteiger partial charge on any atom is -0.465 e. The molecule has 0 N–H and O–H groups in total. The third kappa shape index (κ3) is 3.17. The molecule has 1 aliphatic carbocycles. The summed E-state index contributed by atoms with van der Waals surface area (Å²) >= 11 is 0. The van der Waals surface area contributed by atoms with Crippen molar-refractivity contribution in [2.75, 3.05) is 6.61 Å². The van der Waals surface area contributed by atoms with Crippen LogP contribution in [0.5, 0.6) is 0 Å². The van der Waals surface area contributed by atoms with Crippen LogP contribution < -0.4 is 0 Å². The number of ether oxygens (including phenoxy) is 1. The van der Waals surface area contributed by atoms with Gasteiger partial charge in [-0.3, -0.25) is 9.59 Å². The van der Waals surface area contributed by atoms with Gasteiger partial charge in [0.2, 0.25) is 0 Å². The van der Waals surface area contributed by atoms with Crippen LogP contribution in [0.15, 0.2) is 60.7 Å². The topological polar surface area (TPSA) is 90.9 Å². The van der Waals surface area contributed by atoms with Gasteiger partial charge in [-0.15, -0.1) is 0 Å². The predicted octanol–water partition coefficient (Wildman–Crippen LogP) is 3.74. The van der Waals surface area contributed by atoms with Crippen LogP contribution in [-0.4, -0.2) is 18.4 Å². The van der Waals surface area contributed by atoms with E-state index in [0.717, 1.165) is 5.56 Å². The van der Waals surface area contributed by atoms with Gasteiger partial charge in [-0.2, -0.15) is 10.5 Å². The highest BCUT2D eigenvalue weighted by atomic mass is 16.5. The van der Waals surface area contributed by atoms with Crippen LogP contribution in [-0.2, 0) is 14.3 Å². The van der Waals surface area contributed by atoms with Gasteiger partial charge in [0.25, 0.3) is 0 Å². The van der Waals surface area contributed by atoms with E-state index < -0.39 is 29.1 Å². The second-order valence-corrected chi connectivity index (χ2v) is 6.84. The molecule has 0 radical (unpaired) electrons. The van der Waals surface area contributed by atoms with Gasteiger partial charge in [-0.25, -0.2) is 0 Å². The third-order valence-electron chi connectivity index (χ3n) is 5.40. The maximum atomic E-state index is 13.1. The highest BCUT2D eigenvalue weighted by Crippen LogP contribution is 2.55. The molecule has 3 rings (SSSR count). The van der Waals surface area contributed by atoms with Crippen molar-refractivity contribution < 1.29 is 14.3 Å². The fourth-order valence-electron chi connectivity index (χ4n) is 4.16. The lowest BCUT2D eigenvalue weighted by Gasteiger charge is -2.43. The van der Waals surface area contributed by atoms with E-state index in [4.69, 9.17) is 4.74 Å². The smallest absolute Gasteiger partial charge is 0.317 e. The molecule has 1 saturated carbocycles. The summed E-state index contributed by atoms with van der Waals surface area (Å²) in [6.45, 7) is 1.79. The molecule has 0 saturated heterocycles. The van der Waals surface area contributed by atoms with E-state index in [9.17, 15) is 20.1 Å². The minimum atomic E-state index is -1.58. The fourth-order valence-corrected chi connectivity index (χ4v) is 4.16. The van der Waals surface area contributed by atoms with E-state index in [0.29, 0.717) is 5.56 Å². The summed E-state index contributed by atoms with van der Waals surface area (Å²) in [6, 6.07) is 22.3. The molecule has 0 bridgehead atoms. The molecule has 3 atom stereocenters. The number of nitrogens with zero attached hydrogens (tertiary/aromatic N) is 2. The van der Waals surface area contributed by atoms with Gasteiger partial charge in [0.15, 0.2) is 5.41 Å². The van der Waals surface area contributed by atoms with Crippen LogP contribution in [0.1, 0.15) is 36.3 Å². The molecule has 1 aliphatic rings. The standard InChI is InChI=1S/C23H20N2O3/c1-2-28-22(27)20-19(26)13-18(16-9-5-3-6-10-16)23(14-24,15-25)21(20)17-11-7-4-8-12-17/h3-12,18,20-21H,2,13H2,1H3. The molecule has 0 aliphatic heterocycles. The van der Waals surface area contributed by atoms with Crippen LogP contribution in [0, 0.1) is 34.0 Å². The molecule has 140 valence electrons. The largest absolute Gasteiger partial charge is 0.465 e. The molecule has 0 amide bonds. The lowest BCUT2D eigenvalue weighted by molar-refractivity contribution is -0.155. The van der Waals surface area contributed by atoms with Crippen molar-refractivity contribution in [1.82, 2.24) is 0 Å². The first kappa shape index (κ1) is 19.3. The highest BCUT2D eigenvalue weighted by Gasteiger charge is 2.59. The summed E-state index contributed by atoms with van der Waals surface area (Å²) in [7, 11) is 0. The van der Waals surface area contributed by atoms with Gasteiger partial charge < -0.3 is 4.74 Å². The maximum Gasteiger partial charge on any atom is 0.317 e. The molecule has 5 nitrogen and oxygen atoms in total. The second-order valence-electron chi connectivity index (χ2n) is 6.84. The zero-order chi connectivity index (χ0) is 20.1. The molecule has 0 heterocycles. The number of nitriles is 2. The second kappa shape index (κ2) is 8.06. The Balaban J connectivity index is 2.24. The Labute approximate surface area is 164 Å². The van der Waals surface area contributed by atoms with Crippen molar-refractivity contribution in [1.29, 1.82) is 10.5 Å². The minimum absolute atomic E-state index is 0.0576. The van der Waals surface area contributed by atoms with Gasteiger partial charge in [0, 0.05) is 18.3 Å². The zero-order valence-electron chi connectivity index (χ0n) is 15.5. The Kier molecular flexibility index (Phi) is 5.57. The normalized spacial score (nSPS) is 23.2. The van der Waals surface area contributed by atoms with Gasteiger partial charge >= 0.3 is 5.97 Å². The van der Waals surface area contributed by atoms with Crippen molar-refractivity contribution in [3.63, 3.8) is 0 Å². The number of hydrogen-bond acceptors (Lipinski definition) is 5. The Bertz CT molecular complexity index is 927. The van der Waals surface area contributed by atoms with Gasteiger partial charge in [0.1, 0.15) is 11.7 Å². The zero-order valence-corrected chi connectivity index (χ0v) is 15.5. The predicted molar refractivity (Wildman–Crippen MR) is 102 cm³/mol. The maximum absolute atomic E-state index is 13.1. The van der Waals surface area contributed by atoms with E-state index >= 15 is 0 Å². The average Bonchev–Trinajstić information content (AvgIpc) is 2.74. The summed E-state index contributed by atoms with van der Waals surface area (Å²) in [4.78, 5) is 25.8. The number of hydrogen-bond donors (Lipinski definition) is 0. The van der Waals surface area contributed by atoms with Crippen LogP contribution in [0.3, 0.4) is 0 Å². The molecular weight excluding hydrogens is 352 g/mol. The molecule has 3 unspecified atom stereocenters.